The smallest absolute Gasteiger partial charge is 0.252 e. The van der Waals surface area contributed by atoms with Crippen LogP contribution in [0.4, 0.5) is 34.1 Å². The topological polar surface area (TPSA) is 19.6 Å². The summed E-state index contributed by atoms with van der Waals surface area (Å²) >= 11 is 0. The number of para-hydroxylation sites is 2. The van der Waals surface area contributed by atoms with Gasteiger partial charge < -0.3 is 14.2 Å². The van der Waals surface area contributed by atoms with Crippen LogP contribution < -0.4 is 26.2 Å². The van der Waals surface area contributed by atoms with E-state index in [9.17, 15) is 0 Å². The summed E-state index contributed by atoms with van der Waals surface area (Å²) in [6, 6.07) is 51.4. The highest BCUT2D eigenvalue weighted by Gasteiger charge is 2.48. The summed E-state index contributed by atoms with van der Waals surface area (Å²) in [5.74, 6) is 0.498. The summed E-state index contributed by atoms with van der Waals surface area (Å²) in [6.07, 6.45) is 8.67. The Morgan fingerprint density at radius 1 is 0.585 bits per heavy atom. The molecule has 3 heterocycles. The summed E-state index contributed by atoms with van der Waals surface area (Å²) < 4.78 is 6.81. The number of anilines is 6. The Kier molecular flexibility index (Phi) is 9.04. The molecule has 3 nitrogen and oxygen atoms in total. The Bertz CT molecular complexity index is 3210. The molecule has 4 heteroatoms. The van der Waals surface area contributed by atoms with E-state index < -0.39 is 0 Å². The summed E-state index contributed by atoms with van der Waals surface area (Å²) in [7, 11) is 0. The molecule has 65 heavy (non-hydrogen) atoms. The first kappa shape index (κ1) is 40.5. The maximum absolute atomic E-state index is 6.81. The molecule has 0 unspecified atom stereocenters. The molecule has 1 aromatic heterocycles. The van der Waals surface area contributed by atoms with E-state index in [1.807, 2.05) is 0 Å². The number of furan rings is 1. The van der Waals surface area contributed by atoms with Gasteiger partial charge in [0, 0.05) is 33.7 Å². The highest BCUT2D eigenvalue weighted by atomic mass is 16.3. The van der Waals surface area contributed by atoms with Crippen molar-refractivity contribution in [2.24, 2.45) is 0 Å². The first-order chi connectivity index (χ1) is 31.3. The SMILES string of the molecule is Cc1cc(C(C)(C)C)ccc1N1c2cc3c(cc2B2c4ccc5oc6ccccc6c5c4N(c4ccccc4-c4ccccc4)c4cc(C5CCCCC5)cc1c42)C(C)(C)CCC3(C)C. The van der Waals surface area contributed by atoms with Crippen LogP contribution in [0, 0.1) is 6.92 Å². The van der Waals surface area contributed by atoms with Gasteiger partial charge in [-0.25, -0.2) is 0 Å². The largest absolute Gasteiger partial charge is 0.456 e. The van der Waals surface area contributed by atoms with Crippen molar-refractivity contribution in [2.75, 3.05) is 9.80 Å². The minimum absolute atomic E-state index is 0.000138. The number of fused-ring (bicyclic) bond motifs is 9. The second-order valence-electron chi connectivity index (χ2n) is 22.2. The molecule has 0 radical (unpaired) electrons. The van der Waals surface area contributed by atoms with Crippen LogP contribution in [0.1, 0.15) is 127 Å². The van der Waals surface area contributed by atoms with Crippen molar-refractivity contribution in [3.8, 4) is 11.1 Å². The van der Waals surface area contributed by atoms with Crippen LogP contribution in [0.2, 0.25) is 0 Å². The van der Waals surface area contributed by atoms with Gasteiger partial charge in [0.1, 0.15) is 11.2 Å². The van der Waals surface area contributed by atoms with Gasteiger partial charge in [0.05, 0.1) is 16.8 Å². The van der Waals surface area contributed by atoms with Gasteiger partial charge in [-0.05, 0) is 147 Å². The molecular weight excluding hydrogens is 787 g/mol. The van der Waals surface area contributed by atoms with Gasteiger partial charge in [0.25, 0.3) is 6.71 Å². The summed E-state index contributed by atoms with van der Waals surface area (Å²) in [4.78, 5) is 5.39. The van der Waals surface area contributed by atoms with Gasteiger partial charge >= 0.3 is 0 Å². The molecule has 0 atom stereocenters. The fourth-order valence-corrected chi connectivity index (χ4v) is 12.5. The lowest BCUT2D eigenvalue weighted by Gasteiger charge is -2.48. The van der Waals surface area contributed by atoms with Gasteiger partial charge in [0.15, 0.2) is 0 Å². The molecule has 4 aliphatic rings. The van der Waals surface area contributed by atoms with E-state index in [0.717, 1.165) is 16.6 Å². The molecule has 324 valence electrons. The van der Waals surface area contributed by atoms with Crippen molar-refractivity contribution in [1.29, 1.82) is 0 Å². The minimum Gasteiger partial charge on any atom is -0.456 e. The molecule has 12 rings (SSSR count). The molecule has 1 fully saturated rings. The first-order valence-corrected chi connectivity index (χ1v) is 24.5. The zero-order valence-electron chi connectivity index (χ0n) is 39.6. The number of aryl methyl sites for hydroxylation is 1. The Hall–Kier alpha value is -6.00. The van der Waals surface area contributed by atoms with Crippen LogP contribution in [-0.2, 0) is 16.2 Å². The zero-order chi connectivity index (χ0) is 44.6. The minimum atomic E-state index is 0.000138. The molecule has 8 aromatic rings. The Balaban J connectivity index is 1.26. The second kappa shape index (κ2) is 14.5. The summed E-state index contributed by atoms with van der Waals surface area (Å²) in [5.41, 5.74) is 23.3. The lowest BCUT2D eigenvalue weighted by atomic mass is 9.33. The predicted octanol–water partition coefficient (Wildman–Crippen LogP) is 15.3. The maximum atomic E-state index is 6.81. The monoisotopic (exact) mass is 848 g/mol. The van der Waals surface area contributed by atoms with E-state index in [1.54, 1.807) is 0 Å². The van der Waals surface area contributed by atoms with Gasteiger partial charge in [-0.3, -0.25) is 0 Å². The zero-order valence-corrected chi connectivity index (χ0v) is 39.6. The lowest BCUT2D eigenvalue weighted by Crippen LogP contribution is -2.62. The normalized spacial score (nSPS) is 17.5. The Morgan fingerprint density at radius 3 is 2.00 bits per heavy atom. The Labute approximate surface area is 386 Å². The van der Waals surface area contributed by atoms with Crippen molar-refractivity contribution in [2.45, 2.75) is 122 Å². The van der Waals surface area contributed by atoms with Crippen molar-refractivity contribution < 1.29 is 4.42 Å². The number of nitrogens with zero attached hydrogens (tertiary/aromatic N) is 2. The van der Waals surface area contributed by atoms with E-state index in [0.29, 0.717) is 5.92 Å². The molecule has 0 saturated heterocycles. The quantitative estimate of drug-likeness (QED) is 0.165. The van der Waals surface area contributed by atoms with E-state index >= 15 is 0 Å². The molecular formula is C61H61BN2O. The predicted molar refractivity (Wildman–Crippen MR) is 278 cm³/mol. The van der Waals surface area contributed by atoms with Crippen molar-refractivity contribution >= 4 is 79.2 Å². The summed E-state index contributed by atoms with van der Waals surface area (Å²) in [5, 5.41) is 2.35. The van der Waals surface area contributed by atoms with Crippen molar-refractivity contribution in [1.82, 2.24) is 0 Å². The third-order valence-electron chi connectivity index (χ3n) is 16.2. The fraction of sp³-hybridized carbons (Fsp3) is 0.311. The average Bonchev–Trinajstić information content (AvgIpc) is 3.70. The summed E-state index contributed by atoms with van der Waals surface area (Å²) in [6.45, 7) is 19.3. The molecule has 0 spiro atoms. The first-order valence-electron chi connectivity index (χ1n) is 24.5. The van der Waals surface area contributed by atoms with Crippen LogP contribution in [-0.4, -0.2) is 6.71 Å². The van der Waals surface area contributed by atoms with Gasteiger partial charge in [-0.15, -0.1) is 0 Å². The highest BCUT2D eigenvalue weighted by molar-refractivity contribution is 7.00. The Morgan fingerprint density at radius 2 is 1.26 bits per heavy atom. The molecule has 1 saturated carbocycles. The number of hydrogen-bond acceptors (Lipinski definition) is 3. The fourth-order valence-electron chi connectivity index (χ4n) is 12.5. The number of hydrogen-bond donors (Lipinski definition) is 0. The second-order valence-corrected chi connectivity index (χ2v) is 22.2. The van der Waals surface area contributed by atoms with Crippen LogP contribution in [0.5, 0.6) is 0 Å². The van der Waals surface area contributed by atoms with Gasteiger partial charge in [0.2, 0.25) is 0 Å². The van der Waals surface area contributed by atoms with E-state index in [-0.39, 0.29) is 23.0 Å². The molecule has 2 aliphatic heterocycles. The lowest BCUT2D eigenvalue weighted by molar-refractivity contribution is 0.332. The van der Waals surface area contributed by atoms with Crippen molar-refractivity contribution in [3.63, 3.8) is 0 Å². The third kappa shape index (κ3) is 6.22. The van der Waals surface area contributed by atoms with Gasteiger partial charge in [-0.2, -0.15) is 0 Å². The molecule has 7 aromatic carbocycles. The van der Waals surface area contributed by atoms with E-state index in [1.165, 1.54) is 140 Å². The average molecular weight is 849 g/mol. The van der Waals surface area contributed by atoms with Crippen LogP contribution in [0.25, 0.3) is 33.1 Å². The van der Waals surface area contributed by atoms with Crippen LogP contribution in [0.3, 0.4) is 0 Å². The molecule has 2 aliphatic carbocycles. The van der Waals surface area contributed by atoms with E-state index in [2.05, 4.69) is 199 Å². The third-order valence-corrected chi connectivity index (χ3v) is 16.2. The van der Waals surface area contributed by atoms with E-state index in [4.69, 9.17) is 4.42 Å². The van der Waals surface area contributed by atoms with Gasteiger partial charge in [-0.1, -0.05) is 159 Å². The standard InChI is InChI=1S/C61H61BN2O/c1-38-33-42(59(2,3)4)27-29-49(38)63-51-37-46-45(60(5,6)31-32-61(46,7)8)36-48(51)62-47-28-30-55-56(44-24-16-18-26-54(44)65-55)58(47)64(50-25-17-15-23-43(50)40-21-13-10-14-22-40)53-35-41(34-52(63)57(53)62)39-19-11-9-12-20-39/h10,13-18,21-30,33-37,39H,9,11-12,19-20,31-32H2,1-8H3. The molecule has 0 N–H and O–H groups in total. The molecule has 0 amide bonds. The van der Waals surface area contributed by atoms with Crippen LogP contribution in [0.15, 0.2) is 138 Å². The number of rotatable bonds is 4. The maximum Gasteiger partial charge on any atom is 0.252 e. The number of benzene rings is 7. The van der Waals surface area contributed by atoms with Crippen LogP contribution >= 0.6 is 0 Å². The highest BCUT2D eigenvalue weighted by Crippen LogP contribution is 2.54. The molecule has 0 bridgehead atoms. The van der Waals surface area contributed by atoms with Crippen molar-refractivity contribution in [3.05, 3.63) is 161 Å².